The quantitative estimate of drug-likeness (QED) is 0.388. The number of thiazole rings is 1. The van der Waals surface area contributed by atoms with Crippen molar-refractivity contribution in [2.24, 2.45) is 0 Å². The van der Waals surface area contributed by atoms with Crippen LogP contribution in [0.4, 0.5) is 10.8 Å². The summed E-state index contributed by atoms with van der Waals surface area (Å²) >= 11 is 7.78. The molecular weight excluding hydrogens is 535 g/mol. The first kappa shape index (κ1) is 27.5. The predicted molar refractivity (Wildman–Crippen MR) is 148 cm³/mol. The van der Waals surface area contributed by atoms with Crippen LogP contribution in [0.15, 0.2) is 36.4 Å². The molecule has 0 N–H and O–H groups in total. The third-order valence-corrected chi connectivity index (χ3v) is 8.05. The number of rotatable bonds is 7. The highest BCUT2D eigenvalue weighted by Crippen LogP contribution is 2.34. The van der Waals surface area contributed by atoms with Crippen LogP contribution in [0.5, 0.6) is 0 Å². The van der Waals surface area contributed by atoms with E-state index in [1.165, 1.54) is 16.2 Å². The average molecular weight is 564 g/mol. The molecule has 0 atom stereocenters. The smallest absolute Gasteiger partial charge is 0.260 e. The van der Waals surface area contributed by atoms with Gasteiger partial charge in [-0.1, -0.05) is 22.9 Å². The Morgan fingerprint density at radius 3 is 2.43 bits per heavy atom. The maximum atomic E-state index is 13.7. The van der Waals surface area contributed by atoms with Crippen molar-refractivity contribution in [2.45, 2.75) is 26.2 Å². The Hall–Kier alpha value is -2.56. The molecule has 5 rings (SSSR count). The van der Waals surface area contributed by atoms with Crippen LogP contribution in [0.1, 0.15) is 35.2 Å². The number of hydrogen-bond donors (Lipinski definition) is 0. The number of fused-ring (bicyclic) bond motifs is 1. The number of ether oxygens (including phenoxy) is 1. The van der Waals surface area contributed by atoms with Gasteiger partial charge in [0.2, 0.25) is 11.8 Å². The van der Waals surface area contributed by atoms with Crippen molar-refractivity contribution in [3.8, 4) is 0 Å². The number of anilines is 2. The number of carbonyl (C=O) groups excluding carboxylic acids is 3. The van der Waals surface area contributed by atoms with E-state index in [9.17, 15) is 14.4 Å². The fourth-order valence-electron chi connectivity index (χ4n) is 4.54. The van der Waals surface area contributed by atoms with Crippen LogP contribution in [0, 0.1) is 6.92 Å². The van der Waals surface area contributed by atoms with Crippen molar-refractivity contribution < 1.29 is 19.1 Å². The zero-order valence-corrected chi connectivity index (χ0v) is 22.8. The minimum Gasteiger partial charge on any atom is -0.379 e. The van der Waals surface area contributed by atoms with Gasteiger partial charge in [-0.05, 0) is 55.3 Å². The van der Waals surface area contributed by atoms with E-state index in [2.05, 4.69) is 4.90 Å². The lowest BCUT2D eigenvalue weighted by Gasteiger charge is -2.27. The molecule has 0 spiro atoms. The molecule has 8 nitrogen and oxygen atoms in total. The number of carbonyl (C=O) groups is 3. The number of imide groups is 1. The van der Waals surface area contributed by atoms with Gasteiger partial charge in [-0.2, -0.15) is 0 Å². The molecule has 0 saturated carbocycles. The molecular formula is C26H28Cl2N4O4S. The molecule has 11 heteroatoms. The zero-order valence-electron chi connectivity index (χ0n) is 20.4. The highest BCUT2D eigenvalue weighted by atomic mass is 35.5. The van der Waals surface area contributed by atoms with Crippen LogP contribution >= 0.6 is 35.3 Å². The molecule has 3 heterocycles. The summed E-state index contributed by atoms with van der Waals surface area (Å²) in [5, 5.41) is 1.27. The summed E-state index contributed by atoms with van der Waals surface area (Å²) < 4.78 is 6.41. The van der Waals surface area contributed by atoms with Gasteiger partial charge in [-0.25, -0.2) is 4.98 Å². The summed E-state index contributed by atoms with van der Waals surface area (Å²) in [4.78, 5) is 47.9. The van der Waals surface area contributed by atoms with Gasteiger partial charge in [0.25, 0.3) is 5.91 Å². The molecule has 2 aromatic carbocycles. The van der Waals surface area contributed by atoms with Gasteiger partial charge < -0.3 is 4.74 Å². The first-order valence-electron chi connectivity index (χ1n) is 12.1. The van der Waals surface area contributed by atoms with E-state index in [4.69, 9.17) is 21.3 Å². The Balaban J connectivity index is 0.00000320. The topological polar surface area (TPSA) is 83.0 Å². The normalized spacial score (nSPS) is 16.3. The predicted octanol–water partition coefficient (Wildman–Crippen LogP) is 4.70. The average Bonchev–Trinajstić information content (AvgIpc) is 3.47. The van der Waals surface area contributed by atoms with Crippen molar-refractivity contribution in [3.05, 3.63) is 52.5 Å². The molecule has 0 bridgehead atoms. The molecule has 3 amide bonds. The Bertz CT molecular complexity index is 1290. The molecule has 37 heavy (non-hydrogen) atoms. The van der Waals surface area contributed by atoms with Gasteiger partial charge in [-0.15, -0.1) is 12.4 Å². The summed E-state index contributed by atoms with van der Waals surface area (Å²) in [5.41, 5.74) is 2.65. The lowest BCUT2D eigenvalue weighted by molar-refractivity contribution is -0.121. The number of amides is 3. The van der Waals surface area contributed by atoms with Gasteiger partial charge >= 0.3 is 0 Å². The zero-order chi connectivity index (χ0) is 25.2. The standard InChI is InChI=1S/C26H27ClN4O4S.ClH/c1-17-20(27)7-8-21-24(17)28-26(36-21)30(12-2-11-29-13-15-35-16-14-29)25(34)18-3-5-19(6-4-18)31-22(32)9-10-23(31)33;/h3-8H,2,9-16H2,1H3;1H. The van der Waals surface area contributed by atoms with E-state index in [-0.39, 0.29) is 43.0 Å². The number of hydrogen-bond acceptors (Lipinski definition) is 7. The van der Waals surface area contributed by atoms with E-state index >= 15 is 0 Å². The minimum absolute atomic E-state index is 0. The van der Waals surface area contributed by atoms with Crippen LogP contribution in [-0.2, 0) is 14.3 Å². The fourth-order valence-corrected chi connectivity index (χ4v) is 5.74. The Morgan fingerprint density at radius 2 is 1.76 bits per heavy atom. The molecule has 3 aromatic rings. The van der Waals surface area contributed by atoms with E-state index in [1.807, 2.05) is 19.1 Å². The Kier molecular flexibility index (Phi) is 8.82. The third kappa shape index (κ3) is 5.81. The minimum atomic E-state index is -0.215. The second-order valence-electron chi connectivity index (χ2n) is 8.95. The molecule has 0 aliphatic carbocycles. The van der Waals surface area contributed by atoms with Crippen LogP contribution in [0.2, 0.25) is 5.02 Å². The Labute approximate surface area is 230 Å². The Morgan fingerprint density at radius 1 is 1.08 bits per heavy atom. The largest absolute Gasteiger partial charge is 0.379 e. The lowest BCUT2D eigenvalue weighted by atomic mass is 10.1. The molecule has 196 valence electrons. The van der Waals surface area contributed by atoms with Crippen LogP contribution in [-0.4, -0.2) is 67.0 Å². The number of halogens is 2. The molecule has 2 fully saturated rings. The molecule has 0 radical (unpaired) electrons. The first-order valence-corrected chi connectivity index (χ1v) is 13.3. The maximum absolute atomic E-state index is 13.7. The number of aryl methyl sites for hydroxylation is 1. The molecule has 2 aliphatic rings. The van der Waals surface area contributed by atoms with E-state index < -0.39 is 0 Å². The molecule has 1 aromatic heterocycles. The SMILES string of the molecule is Cc1c(Cl)ccc2sc(N(CCCN3CCOCC3)C(=O)c3ccc(N4C(=O)CCC4=O)cc3)nc12.Cl. The number of benzene rings is 2. The highest BCUT2D eigenvalue weighted by Gasteiger charge is 2.30. The second-order valence-corrected chi connectivity index (χ2v) is 10.4. The number of morpholine rings is 1. The highest BCUT2D eigenvalue weighted by molar-refractivity contribution is 7.22. The van der Waals surface area contributed by atoms with Gasteiger partial charge in [0.1, 0.15) is 0 Å². The van der Waals surface area contributed by atoms with E-state index in [0.717, 1.165) is 55.0 Å². The summed E-state index contributed by atoms with van der Waals surface area (Å²) in [6, 6.07) is 10.4. The maximum Gasteiger partial charge on any atom is 0.260 e. The molecule has 2 aliphatic heterocycles. The van der Waals surface area contributed by atoms with E-state index in [1.54, 1.807) is 29.2 Å². The lowest BCUT2D eigenvalue weighted by Crippen LogP contribution is -2.39. The number of nitrogens with zero attached hydrogens (tertiary/aromatic N) is 4. The summed E-state index contributed by atoms with van der Waals surface area (Å²) in [5.74, 6) is -0.606. The van der Waals surface area contributed by atoms with Crippen molar-refractivity contribution in [1.29, 1.82) is 0 Å². The van der Waals surface area contributed by atoms with E-state index in [0.29, 0.717) is 27.9 Å². The summed E-state index contributed by atoms with van der Waals surface area (Å²) in [6.07, 6.45) is 1.23. The first-order chi connectivity index (χ1) is 17.4. The van der Waals surface area contributed by atoms with Crippen molar-refractivity contribution in [3.63, 3.8) is 0 Å². The summed E-state index contributed by atoms with van der Waals surface area (Å²) in [6.45, 7) is 6.54. The van der Waals surface area contributed by atoms with Crippen molar-refractivity contribution >= 4 is 74.1 Å². The summed E-state index contributed by atoms with van der Waals surface area (Å²) in [7, 11) is 0. The third-order valence-electron chi connectivity index (χ3n) is 6.60. The molecule has 0 unspecified atom stereocenters. The van der Waals surface area contributed by atoms with Crippen LogP contribution in [0.25, 0.3) is 10.2 Å². The molecule has 2 saturated heterocycles. The monoisotopic (exact) mass is 562 g/mol. The van der Waals surface area contributed by atoms with Gasteiger partial charge in [0.15, 0.2) is 5.13 Å². The van der Waals surface area contributed by atoms with Crippen molar-refractivity contribution in [2.75, 3.05) is 49.2 Å². The fraction of sp³-hybridized carbons (Fsp3) is 0.385. The van der Waals surface area contributed by atoms with Crippen LogP contribution in [0.3, 0.4) is 0 Å². The van der Waals surface area contributed by atoms with Gasteiger partial charge in [0, 0.05) is 49.6 Å². The number of aromatic nitrogens is 1. The van der Waals surface area contributed by atoms with Crippen molar-refractivity contribution in [1.82, 2.24) is 9.88 Å². The second kappa shape index (κ2) is 11.9. The van der Waals surface area contributed by atoms with Gasteiger partial charge in [-0.3, -0.25) is 29.1 Å². The van der Waals surface area contributed by atoms with Crippen LogP contribution < -0.4 is 9.80 Å². The van der Waals surface area contributed by atoms with Gasteiger partial charge in [0.05, 0.1) is 29.1 Å².